The lowest BCUT2D eigenvalue weighted by Crippen LogP contribution is -2.27. The SMILES string of the molecule is O=C1CCC(CSc2cccc(O)c2)N1. The molecule has 3 nitrogen and oxygen atoms in total. The Balaban J connectivity index is 1.85. The van der Waals surface area contributed by atoms with Gasteiger partial charge < -0.3 is 10.4 Å². The van der Waals surface area contributed by atoms with Gasteiger partial charge in [0.25, 0.3) is 0 Å². The van der Waals surface area contributed by atoms with Crippen molar-refractivity contribution >= 4 is 17.7 Å². The van der Waals surface area contributed by atoms with E-state index in [1.54, 1.807) is 23.9 Å². The molecule has 1 atom stereocenters. The lowest BCUT2D eigenvalue weighted by molar-refractivity contribution is -0.119. The van der Waals surface area contributed by atoms with Crippen molar-refractivity contribution in [2.45, 2.75) is 23.8 Å². The molecule has 4 heteroatoms. The zero-order valence-electron chi connectivity index (χ0n) is 8.27. The minimum absolute atomic E-state index is 0.150. The molecule has 0 saturated carbocycles. The summed E-state index contributed by atoms with van der Waals surface area (Å²) in [5.41, 5.74) is 0. The molecule has 1 saturated heterocycles. The summed E-state index contributed by atoms with van der Waals surface area (Å²) in [7, 11) is 0. The molecular formula is C11H13NO2S. The summed E-state index contributed by atoms with van der Waals surface area (Å²) >= 11 is 1.66. The van der Waals surface area contributed by atoms with Crippen LogP contribution in [0.15, 0.2) is 29.2 Å². The molecule has 1 aliphatic heterocycles. The summed E-state index contributed by atoms with van der Waals surface area (Å²) in [5, 5.41) is 12.2. The van der Waals surface area contributed by atoms with Crippen LogP contribution >= 0.6 is 11.8 Å². The summed E-state index contributed by atoms with van der Waals surface area (Å²) < 4.78 is 0. The number of aromatic hydroxyl groups is 1. The van der Waals surface area contributed by atoms with Crippen LogP contribution in [0.4, 0.5) is 0 Å². The summed E-state index contributed by atoms with van der Waals surface area (Å²) in [6, 6.07) is 7.46. The van der Waals surface area contributed by atoms with Crippen LogP contribution < -0.4 is 5.32 Å². The van der Waals surface area contributed by atoms with E-state index in [1.807, 2.05) is 12.1 Å². The van der Waals surface area contributed by atoms with Gasteiger partial charge in [-0.1, -0.05) is 6.07 Å². The number of thioether (sulfide) groups is 1. The highest BCUT2D eigenvalue weighted by Gasteiger charge is 2.20. The van der Waals surface area contributed by atoms with Gasteiger partial charge in [-0.2, -0.15) is 0 Å². The molecule has 2 N–H and O–H groups in total. The lowest BCUT2D eigenvalue weighted by Gasteiger charge is -2.08. The van der Waals surface area contributed by atoms with E-state index in [9.17, 15) is 9.90 Å². The van der Waals surface area contributed by atoms with Gasteiger partial charge in [0.2, 0.25) is 5.91 Å². The third kappa shape index (κ3) is 2.89. The molecule has 0 radical (unpaired) electrons. The Labute approximate surface area is 92.9 Å². The first-order valence-corrected chi connectivity index (χ1v) is 5.94. The predicted molar refractivity (Wildman–Crippen MR) is 60.0 cm³/mol. The summed E-state index contributed by atoms with van der Waals surface area (Å²) in [5.74, 6) is 1.31. The Kier molecular flexibility index (Phi) is 3.16. The van der Waals surface area contributed by atoms with Gasteiger partial charge in [0, 0.05) is 23.1 Å². The molecule has 1 unspecified atom stereocenters. The summed E-state index contributed by atoms with van der Waals surface area (Å²) in [6.07, 6.45) is 1.57. The minimum Gasteiger partial charge on any atom is -0.508 e. The van der Waals surface area contributed by atoms with Crippen LogP contribution in [0.25, 0.3) is 0 Å². The number of carbonyl (C=O) groups excluding carboxylic acids is 1. The van der Waals surface area contributed by atoms with Crippen molar-refractivity contribution in [3.05, 3.63) is 24.3 Å². The van der Waals surface area contributed by atoms with E-state index in [0.717, 1.165) is 17.1 Å². The largest absolute Gasteiger partial charge is 0.508 e. The topological polar surface area (TPSA) is 49.3 Å². The first kappa shape index (κ1) is 10.4. The number of benzene rings is 1. The molecule has 0 bridgehead atoms. The zero-order chi connectivity index (χ0) is 10.7. The normalized spacial score (nSPS) is 20.3. The first-order valence-electron chi connectivity index (χ1n) is 4.95. The Hall–Kier alpha value is -1.16. The van der Waals surface area contributed by atoms with E-state index in [4.69, 9.17) is 0 Å². The molecule has 1 aromatic carbocycles. The maximum absolute atomic E-state index is 11.0. The van der Waals surface area contributed by atoms with Crippen molar-refractivity contribution in [2.24, 2.45) is 0 Å². The fourth-order valence-corrected chi connectivity index (χ4v) is 2.59. The van der Waals surface area contributed by atoms with Crippen molar-refractivity contribution < 1.29 is 9.90 Å². The number of amides is 1. The third-order valence-corrected chi connectivity index (χ3v) is 3.51. The van der Waals surface area contributed by atoms with Crippen molar-refractivity contribution in [2.75, 3.05) is 5.75 Å². The van der Waals surface area contributed by atoms with Crippen LogP contribution in [0.5, 0.6) is 5.75 Å². The van der Waals surface area contributed by atoms with E-state index < -0.39 is 0 Å². The van der Waals surface area contributed by atoms with Crippen LogP contribution in [-0.4, -0.2) is 22.8 Å². The van der Waals surface area contributed by atoms with Crippen LogP contribution in [-0.2, 0) is 4.79 Å². The second-order valence-corrected chi connectivity index (χ2v) is 4.70. The number of phenolic OH excluding ortho intramolecular Hbond substituents is 1. The van der Waals surface area contributed by atoms with E-state index in [0.29, 0.717) is 6.42 Å². The third-order valence-electron chi connectivity index (χ3n) is 2.35. The van der Waals surface area contributed by atoms with Gasteiger partial charge in [0.15, 0.2) is 0 Å². The molecule has 1 heterocycles. The van der Waals surface area contributed by atoms with Gasteiger partial charge in [-0.15, -0.1) is 11.8 Å². The Morgan fingerprint density at radius 2 is 2.40 bits per heavy atom. The van der Waals surface area contributed by atoms with E-state index in [-0.39, 0.29) is 17.7 Å². The summed E-state index contributed by atoms with van der Waals surface area (Å²) in [6.45, 7) is 0. The Morgan fingerprint density at radius 3 is 3.07 bits per heavy atom. The number of hydrogen-bond acceptors (Lipinski definition) is 3. The fraction of sp³-hybridized carbons (Fsp3) is 0.364. The van der Waals surface area contributed by atoms with Crippen LogP contribution in [0, 0.1) is 0 Å². The van der Waals surface area contributed by atoms with Crippen molar-refractivity contribution in [1.82, 2.24) is 5.32 Å². The van der Waals surface area contributed by atoms with E-state index in [1.165, 1.54) is 0 Å². The number of rotatable bonds is 3. The molecule has 0 aliphatic carbocycles. The van der Waals surface area contributed by atoms with Gasteiger partial charge >= 0.3 is 0 Å². The molecule has 1 amide bonds. The van der Waals surface area contributed by atoms with Crippen LogP contribution in [0.3, 0.4) is 0 Å². The highest BCUT2D eigenvalue weighted by molar-refractivity contribution is 7.99. The second-order valence-electron chi connectivity index (χ2n) is 3.61. The maximum atomic E-state index is 11.0. The van der Waals surface area contributed by atoms with Gasteiger partial charge in [-0.25, -0.2) is 0 Å². The number of nitrogens with one attached hydrogen (secondary N) is 1. The van der Waals surface area contributed by atoms with Crippen LogP contribution in [0.1, 0.15) is 12.8 Å². The quantitative estimate of drug-likeness (QED) is 0.768. The lowest BCUT2D eigenvalue weighted by atomic mass is 10.2. The molecule has 80 valence electrons. The van der Waals surface area contributed by atoms with E-state index >= 15 is 0 Å². The molecule has 0 aromatic heterocycles. The monoisotopic (exact) mass is 223 g/mol. The second kappa shape index (κ2) is 4.57. The van der Waals surface area contributed by atoms with Gasteiger partial charge in [0.05, 0.1) is 0 Å². The minimum atomic E-state index is 0.150. The van der Waals surface area contributed by atoms with Crippen LogP contribution in [0.2, 0.25) is 0 Å². The smallest absolute Gasteiger partial charge is 0.220 e. The number of hydrogen-bond donors (Lipinski definition) is 2. The molecule has 2 rings (SSSR count). The van der Waals surface area contributed by atoms with Gasteiger partial charge in [0.1, 0.15) is 5.75 Å². The molecule has 1 fully saturated rings. The predicted octanol–water partition coefficient (Wildman–Crippen LogP) is 1.76. The molecule has 1 aromatic rings. The average molecular weight is 223 g/mol. The fourth-order valence-electron chi connectivity index (χ4n) is 1.57. The van der Waals surface area contributed by atoms with Crippen molar-refractivity contribution in [3.8, 4) is 5.75 Å². The highest BCUT2D eigenvalue weighted by Crippen LogP contribution is 2.24. The number of carbonyl (C=O) groups is 1. The standard InChI is InChI=1S/C11H13NO2S/c13-9-2-1-3-10(6-9)15-7-8-4-5-11(14)12-8/h1-3,6,8,13H,4-5,7H2,(H,12,14). The van der Waals surface area contributed by atoms with Crippen molar-refractivity contribution in [3.63, 3.8) is 0 Å². The van der Waals surface area contributed by atoms with Gasteiger partial charge in [-0.3, -0.25) is 4.79 Å². The van der Waals surface area contributed by atoms with Crippen molar-refractivity contribution in [1.29, 1.82) is 0 Å². The Morgan fingerprint density at radius 1 is 1.53 bits per heavy atom. The Bertz CT molecular complexity index is 367. The first-order chi connectivity index (χ1) is 7.24. The highest BCUT2D eigenvalue weighted by atomic mass is 32.2. The average Bonchev–Trinajstić information content (AvgIpc) is 2.62. The summed E-state index contributed by atoms with van der Waals surface area (Å²) in [4.78, 5) is 12.0. The molecule has 15 heavy (non-hydrogen) atoms. The molecule has 1 aliphatic rings. The van der Waals surface area contributed by atoms with Gasteiger partial charge in [-0.05, 0) is 24.6 Å². The maximum Gasteiger partial charge on any atom is 0.220 e. The molecular weight excluding hydrogens is 210 g/mol. The zero-order valence-corrected chi connectivity index (χ0v) is 9.09. The number of phenols is 1. The molecule has 0 spiro atoms. The van der Waals surface area contributed by atoms with E-state index in [2.05, 4.69) is 5.32 Å².